The number of rotatable bonds is 2. The van der Waals surface area contributed by atoms with Crippen LogP contribution in [0.5, 0.6) is 0 Å². The highest BCUT2D eigenvalue weighted by molar-refractivity contribution is 7.14. The molecule has 0 radical (unpaired) electrons. The Morgan fingerprint density at radius 2 is 2.06 bits per heavy atom. The molecule has 3 nitrogen and oxygen atoms in total. The van der Waals surface area contributed by atoms with E-state index in [0.717, 1.165) is 5.00 Å². The Bertz CT molecular complexity index is 338. The van der Waals surface area contributed by atoms with E-state index >= 15 is 0 Å². The third-order valence-corrected chi connectivity index (χ3v) is 2.72. The van der Waals surface area contributed by atoms with Crippen LogP contribution in [0.1, 0.15) is 34.6 Å². The first-order valence-corrected chi connectivity index (χ1v) is 6.25. The predicted molar refractivity (Wildman–Crippen MR) is 68.2 cm³/mol. The zero-order chi connectivity index (χ0) is 12.3. The van der Waals surface area contributed by atoms with Crippen molar-refractivity contribution >= 4 is 22.4 Å². The molecule has 0 saturated carbocycles. The Balaban J connectivity index is 2.84. The molecular formula is C12H19NO2S. The van der Waals surface area contributed by atoms with Crippen molar-refractivity contribution in [1.82, 2.24) is 0 Å². The van der Waals surface area contributed by atoms with E-state index in [1.807, 2.05) is 52.1 Å². The number of ether oxygens (including phenoxy) is 1. The van der Waals surface area contributed by atoms with Crippen LogP contribution in [-0.4, -0.2) is 17.7 Å². The van der Waals surface area contributed by atoms with Crippen LogP contribution in [0.25, 0.3) is 0 Å². The Hall–Kier alpha value is -1.03. The maximum Gasteiger partial charge on any atom is 0.415 e. The minimum absolute atomic E-state index is 0.0912. The average molecular weight is 241 g/mol. The van der Waals surface area contributed by atoms with E-state index in [4.69, 9.17) is 4.74 Å². The lowest BCUT2D eigenvalue weighted by Crippen LogP contribution is -2.40. The Kier molecular flexibility index (Phi) is 3.97. The van der Waals surface area contributed by atoms with Gasteiger partial charge in [0.1, 0.15) is 10.6 Å². The molecule has 1 amide bonds. The number of amides is 1. The van der Waals surface area contributed by atoms with Gasteiger partial charge in [-0.05, 0) is 52.1 Å². The summed E-state index contributed by atoms with van der Waals surface area (Å²) in [5, 5.41) is 2.87. The first-order chi connectivity index (χ1) is 7.31. The highest BCUT2D eigenvalue weighted by atomic mass is 32.1. The SMILES string of the molecule is CC(C)N(C(=O)OC(C)(C)C)c1cccs1. The lowest BCUT2D eigenvalue weighted by molar-refractivity contribution is 0.0571. The molecule has 0 N–H and O–H groups in total. The van der Waals surface area contributed by atoms with Crippen molar-refractivity contribution in [2.75, 3.05) is 4.90 Å². The molecule has 1 heterocycles. The summed E-state index contributed by atoms with van der Waals surface area (Å²) in [6.45, 7) is 9.57. The highest BCUT2D eigenvalue weighted by Crippen LogP contribution is 2.25. The van der Waals surface area contributed by atoms with Crippen molar-refractivity contribution in [1.29, 1.82) is 0 Å². The summed E-state index contributed by atoms with van der Waals surface area (Å²) < 4.78 is 5.38. The van der Waals surface area contributed by atoms with Gasteiger partial charge in [-0.1, -0.05) is 0 Å². The van der Waals surface area contributed by atoms with E-state index in [9.17, 15) is 4.79 Å². The number of anilines is 1. The van der Waals surface area contributed by atoms with E-state index in [-0.39, 0.29) is 12.1 Å². The standard InChI is InChI=1S/C12H19NO2S/c1-9(2)13(10-7-6-8-16-10)11(14)15-12(3,4)5/h6-9H,1-5H3. The van der Waals surface area contributed by atoms with Gasteiger partial charge < -0.3 is 4.74 Å². The van der Waals surface area contributed by atoms with Gasteiger partial charge in [0.25, 0.3) is 0 Å². The number of hydrogen-bond acceptors (Lipinski definition) is 3. The fourth-order valence-electron chi connectivity index (χ4n) is 1.27. The van der Waals surface area contributed by atoms with Crippen LogP contribution in [0.3, 0.4) is 0 Å². The number of thiophene rings is 1. The summed E-state index contributed by atoms with van der Waals surface area (Å²) in [5.41, 5.74) is -0.457. The van der Waals surface area contributed by atoms with Crippen molar-refractivity contribution in [3.8, 4) is 0 Å². The molecule has 1 aromatic heterocycles. The summed E-state index contributed by atoms with van der Waals surface area (Å²) in [5.74, 6) is 0. The van der Waals surface area contributed by atoms with E-state index in [1.54, 1.807) is 4.90 Å². The lowest BCUT2D eigenvalue weighted by Gasteiger charge is -2.28. The molecule has 0 aliphatic carbocycles. The van der Waals surface area contributed by atoms with Crippen LogP contribution in [0, 0.1) is 0 Å². The molecule has 0 bridgehead atoms. The summed E-state index contributed by atoms with van der Waals surface area (Å²) in [6, 6.07) is 3.95. The summed E-state index contributed by atoms with van der Waals surface area (Å²) in [4.78, 5) is 13.7. The molecular weight excluding hydrogens is 222 g/mol. The van der Waals surface area contributed by atoms with Crippen LogP contribution in [-0.2, 0) is 4.74 Å². The zero-order valence-electron chi connectivity index (χ0n) is 10.5. The largest absolute Gasteiger partial charge is 0.443 e. The fraction of sp³-hybridized carbons (Fsp3) is 0.583. The van der Waals surface area contributed by atoms with E-state index in [1.165, 1.54) is 11.3 Å². The topological polar surface area (TPSA) is 29.5 Å². The fourth-order valence-corrected chi connectivity index (χ4v) is 2.13. The first kappa shape index (κ1) is 13.0. The molecule has 16 heavy (non-hydrogen) atoms. The normalized spacial score (nSPS) is 11.6. The monoisotopic (exact) mass is 241 g/mol. The molecule has 0 atom stereocenters. The number of carbonyl (C=O) groups is 1. The van der Waals surface area contributed by atoms with Crippen molar-refractivity contribution in [2.45, 2.75) is 46.3 Å². The van der Waals surface area contributed by atoms with E-state index < -0.39 is 5.60 Å². The predicted octanol–water partition coefficient (Wildman–Crippen LogP) is 3.90. The van der Waals surface area contributed by atoms with Crippen molar-refractivity contribution in [3.63, 3.8) is 0 Å². The second kappa shape index (κ2) is 4.87. The maximum atomic E-state index is 12.0. The van der Waals surface area contributed by atoms with Crippen LogP contribution in [0.15, 0.2) is 17.5 Å². The molecule has 90 valence electrons. The lowest BCUT2D eigenvalue weighted by atomic mass is 10.2. The summed E-state index contributed by atoms with van der Waals surface area (Å²) in [6.07, 6.45) is -0.287. The number of hydrogen-bond donors (Lipinski definition) is 0. The Labute approximate surface area is 101 Å². The quantitative estimate of drug-likeness (QED) is 0.786. The summed E-state index contributed by atoms with van der Waals surface area (Å²) >= 11 is 1.54. The second-order valence-electron chi connectivity index (χ2n) is 4.90. The van der Waals surface area contributed by atoms with Gasteiger partial charge in [0, 0.05) is 6.04 Å². The van der Waals surface area contributed by atoms with Gasteiger partial charge in [-0.15, -0.1) is 11.3 Å². The van der Waals surface area contributed by atoms with Crippen molar-refractivity contribution in [2.24, 2.45) is 0 Å². The van der Waals surface area contributed by atoms with Crippen LogP contribution in [0.2, 0.25) is 0 Å². The van der Waals surface area contributed by atoms with Gasteiger partial charge >= 0.3 is 6.09 Å². The van der Waals surface area contributed by atoms with Gasteiger partial charge in [0.2, 0.25) is 0 Å². The molecule has 1 rings (SSSR count). The highest BCUT2D eigenvalue weighted by Gasteiger charge is 2.25. The Morgan fingerprint density at radius 1 is 1.44 bits per heavy atom. The Morgan fingerprint density at radius 3 is 2.44 bits per heavy atom. The van der Waals surface area contributed by atoms with E-state index in [2.05, 4.69) is 0 Å². The van der Waals surface area contributed by atoms with Crippen LogP contribution in [0.4, 0.5) is 9.80 Å². The van der Waals surface area contributed by atoms with Gasteiger partial charge in [0.15, 0.2) is 0 Å². The minimum Gasteiger partial charge on any atom is -0.443 e. The smallest absolute Gasteiger partial charge is 0.415 e. The number of nitrogens with zero attached hydrogens (tertiary/aromatic N) is 1. The second-order valence-corrected chi connectivity index (χ2v) is 5.82. The van der Waals surface area contributed by atoms with Crippen LogP contribution < -0.4 is 4.90 Å². The van der Waals surface area contributed by atoms with Gasteiger partial charge in [0.05, 0.1) is 0 Å². The molecule has 4 heteroatoms. The van der Waals surface area contributed by atoms with E-state index in [0.29, 0.717) is 0 Å². The van der Waals surface area contributed by atoms with Crippen molar-refractivity contribution < 1.29 is 9.53 Å². The average Bonchev–Trinajstić information content (AvgIpc) is 2.52. The molecule has 0 aliphatic heterocycles. The molecule has 0 fully saturated rings. The van der Waals surface area contributed by atoms with Crippen molar-refractivity contribution in [3.05, 3.63) is 17.5 Å². The molecule has 0 aliphatic rings. The summed E-state index contributed by atoms with van der Waals surface area (Å²) in [7, 11) is 0. The third kappa shape index (κ3) is 3.52. The molecule has 1 aromatic rings. The van der Waals surface area contributed by atoms with Gasteiger partial charge in [-0.3, -0.25) is 4.90 Å². The molecule has 0 spiro atoms. The maximum absolute atomic E-state index is 12.0. The van der Waals surface area contributed by atoms with Gasteiger partial charge in [-0.25, -0.2) is 4.79 Å². The molecule has 0 saturated heterocycles. The van der Waals surface area contributed by atoms with Gasteiger partial charge in [-0.2, -0.15) is 0 Å². The first-order valence-electron chi connectivity index (χ1n) is 5.37. The zero-order valence-corrected chi connectivity index (χ0v) is 11.3. The molecule has 0 unspecified atom stereocenters. The minimum atomic E-state index is -0.457. The van der Waals surface area contributed by atoms with Crippen LogP contribution >= 0.6 is 11.3 Å². The third-order valence-electron chi connectivity index (χ3n) is 1.85. The number of carbonyl (C=O) groups excluding carboxylic acids is 1. The molecule has 0 aromatic carbocycles.